The summed E-state index contributed by atoms with van der Waals surface area (Å²) < 4.78 is 35.5. The third kappa shape index (κ3) is 3.11. The zero-order chi connectivity index (χ0) is 10.8. The number of hydrogen-bond donors (Lipinski definition) is 2. The van der Waals surface area contributed by atoms with Crippen LogP contribution in [0.15, 0.2) is 0 Å². The number of halogens is 3. The van der Waals surface area contributed by atoms with Crippen molar-refractivity contribution < 1.29 is 13.2 Å². The zero-order valence-electron chi connectivity index (χ0n) is 7.47. The maximum atomic E-state index is 11.8. The highest BCUT2D eigenvalue weighted by molar-refractivity contribution is 5.32. The zero-order valence-corrected chi connectivity index (χ0v) is 7.47. The molecule has 3 N–H and O–H groups in total. The number of H-pyrrole nitrogens is 1. The van der Waals surface area contributed by atoms with Crippen molar-refractivity contribution in [3.8, 4) is 0 Å². The van der Waals surface area contributed by atoms with E-state index in [2.05, 4.69) is 15.2 Å². The molecule has 0 aliphatic heterocycles. The Kier molecular flexibility index (Phi) is 2.82. The molecule has 8 heteroatoms. The highest BCUT2D eigenvalue weighted by Crippen LogP contribution is 2.20. The van der Waals surface area contributed by atoms with Crippen molar-refractivity contribution in [1.82, 2.24) is 15.2 Å². The highest BCUT2D eigenvalue weighted by Gasteiger charge is 2.27. The Morgan fingerprint density at radius 3 is 2.57 bits per heavy atom. The van der Waals surface area contributed by atoms with E-state index < -0.39 is 12.6 Å². The van der Waals surface area contributed by atoms with Gasteiger partial charge in [-0.15, -0.1) is 5.10 Å². The minimum absolute atomic E-state index is 0.0823. The summed E-state index contributed by atoms with van der Waals surface area (Å²) >= 11 is 0. The molecule has 1 rings (SSSR count). The molecule has 0 saturated heterocycles. The van der Waals surface area contributed by atoms with Crippen LogP contribution in [0.5, 0.6) is 0 Å². The Labute approximate surface area is 78.1 Å². The fourth-order valence-electron chi connectivity index (χ4n) is 0.830. The standard InChI is InChI=1S/C6H10F3N5/c1-14(3-2-6(7,8)9)5-11-4(10)12-13-5/h2-3H2,1H3,(H3,10,11,12,13). The van der Waals surface area contributed by atoms with Gasteiger partial charge in [0.1, 0.15) is 0 Å². The maximum Gasteiger partial charge on any atom is 0.390 e. The van der Waals surface area contributed by atoms with E-state index in [0.29, 0.717) is 0 Å². The van der Waals surface area contributed by atoms with Gasteiger partial charge in [0.25, 0.3) is 0 Å². The van der Waals surface area contributed by atoms with E-state index in [9.17, 15) is 13.2 Å². The summed E-state index contributed by atoms with van der Waals surface area (Å²) in [6.07, 6.45) is -5.08. The van der Waals surface area contributed by atoms with Gasteiger partial charge in [0.05, 0.1) is 6.42 Å². The summed E-state index contributed by atoms with van der Waals surface area (Å²) in [4.78, 5) is 4.96. The van der Waals surface area contributed by atoms with Gasteiger partial charge in [0.2, 0.25) is 11.9 Å². The van der Waals surface area contributed by atoms with Crippen LogP contribution in [0.3, 0.4) is 0 Å². The molecule has 0 bridgehead atoms. The van der Waals surface area contributed by atoms with Crippen LogP contribution in [-0.2, 0) is 0 Å². The van der Waals surface area contributed by atoms with Gasteiger partial charge in [-0.05, 0) is 0 Å². The van der Waals surface area contributed by atoms with E-state index in [-0.39, 0.29) is 18.4 Å². The third-order valence-electron chi connectivity index (χ3n) is 1.56. The van der Waals surface area contributed by atoms with Gasteiger partial charge in [0.15, 0.2) is 0 Å². The molecule has 0 aromatic carbocycles. The lowest BCUT2D eigenvalue weighted by Crippen LogP contribution is -2.24. The molecule has 0 aliphatic rings. The topological polar surface area (TPSA) is 70.8 Å². The summed E-state index contributed by atoms with van der Waals surface area (Å²) in [5.41, 5.74) is 5.22. The molecule has 0 fully saturated rings. The van der Waals surface area contributed by atoms with Gasteiger partial charge in [-0.2, -0.15) is 18.2 Å². The average Bonchev–Trinajstić information content (AvgIpc) is 2.46. The minimum Gasteiger partial charge on any atom is -0.368 e. The number of nitrogen functional groups attached to an aromatic ring is 1. The van der Waals surface area contributed by atoms with Gasteiger partial charge in [-0.25, -0.2) is 5.10 Å². The van der Waals surface area contributed by atoms with E-state index in [1.54, 1.807) is 0 Å². The Bertz CT molecular complexity index is 294. The Balaban J connectivity index is 2.47. The monoisotopic (exact) mass is 209 g/mol. The Morgan fingerprint density at radius 2 is 2.14 bits per heavy atom. The van der Waals surface area contributed by atoms with Crippen LogP contribution < -0.4 is 10.6 Å². The predicted molar refractivity (Wildman–Crippen MR) is 44.7 cm³/mol. The number of nitrogens with one attached hydrogen (secondary N) is 1. The van der Waals surface area contributed by atoms with Crippen LogP contribution >= 0.6 is 0 Å². The fraction of sp³-hybridized carbons (Fsp3) is 0.667. The van der Waals surface area contributed by atoms with Crippen molar-refractivity contribution in [2.24, 2.45) is 0 Å². The summed E-state index contributed by atoms with van der Waals surface area (Å²) in [6, 6.07) is 0. The molecule has 0 spiro atoms. The first kappa shape index (κ1) is 10.6. The summed E-state index contributed by atoms with van der Waals surface area (Å²) in [5, 5.41) is 5.95. The molecule has 80 valence electrons. The second kappa shape index (κ2) is 3.72. The van der Waals surface area contributed by atoms with Gasteiger partial charge in [-0.3, -0.25) is 0 Å². The first-order valence-electron chi connectivity index (χ1n) is 3.84. The summed E-state index contributed by atoms with van der Waals surface area (Å²) in [5.74, 6) is 0.241. The highest BCUT2D eigenvalue weighted by atomic mass is 19.4. The van der Waals surface area contributed by atoms with Crippen LogP contribution in [0.1, 0.15) is 6.42 Å². The molecular weight excluding hydrogens is 199 g/mol. The summed E-state index contributed by atoms with van der Waals surface area (Å²) in [7, 11) is 1.47. The molecular formula is C6H10F3N5. The molecule has 0 amide bonds. The van der Waals surface area contributed by atoms with Crippen LogP contribution in [-0.4, -0.2) is 35.0 Å². The van der Waals surface area contributed by atoms with E-state index in [1.165, 1.54) is 11.9 Å². The van der Waals surface area contributed by atoms with Gasteiger partial charge in [0, 0.05) is 13.6 Å². The van der Waals surface area contributed by atoms with E-state index in [0.717, 1.165) is 0 Å². The number of nitrogens with zero attached hydrogens (tertiary/aromatic N) is 3. The molecule has 0 unspecified atom stereocenters. The van der Waals surface area contributed by atoms with E-state index in [1.807, 2.05) is 0 Å². The molecule has 14 heavy (non-hydrogen) atoms. The smallest absolute Gasteiger partial charge is 0.368 e. The molecule has 0 aliphatic carbocycles. The molecule has 0 saturated carbocycles. The van der Waals surface area contributed by atoms with Crippen LogP contribution in [0.25, 0.3) is 0 Å². The first-order valence-corrected chi connectivity index (χ1v) is 3.84. The fourth-order valence-corrected chi connectivity index (χ4v) is 0.830. The maximum absolute atomic E-state index is 11.8. The minimum atomic E-state index is -4.17. The molecule has 1 heterocycles. The molecule has 0 radical (unpaired) electrons. The normalized spacial score (nSPS) is 11.7. The lowest BCUT2D eigenvalue weighted by atomic mass is 10.4. The summed E-state index contributed by atoms with van der Waals surface area (Å²) in [6.45, 7) is -0.194. The van der Waals surface area contributed by atoms with E-state index >= 15 is 0 Å². The molecule has 0 atom stereocenters. The van der Waals surface area contributed by atoms with Crippen molar-refractivity contribution in [1.29, 1.82) is 0 Å². The lowest BCUT2D eigenvalue weighted by Gasteiger charge is -2.15. The van der Waals surface area contributed by atoms with Gasteiger partial charge >= 0.3 is 6.18 Å². The van der Waals surface area contributed by atoms with E-state index in [4.69, 9.17) is 5.73 Å². The van der Waals surface area contributed by atoms with Gasteiger partial charge in [-0.1, -0.05) is 0 Å². The largest absolute Gasteiger partial charge is 0.390 e. The molecule has 1 aromatic heterocycles. The molecule has 1 aromatic rings. The molecule has 5 nitrogen and oxygen atoms in total. The lowest BCUT2D eigenvalue weighted by molar-refractivity contribution is -0.132. The first-order chi connectivity index (χ1) is 6.38. The second-order valence-electron chi connectivity index (χ2n) is 2.81. The SMILES string of the molecule is CN(CCC(F)(F)F)c1n[nH]c(N)n1. The second-order valence-corrected chi connectivity index (χ2v) is 2.81. The number of alkyl halides is 3. The van der Waals surface area contributed by atoms with Gasteiger partial charge < -0.3 is 10.6 Å². The number of nitrogens with two attached hydrogens (primary N) is 1. The van der Waals surface area contributed by atoms with Crippen molar-refractivity contribution >= 4 is 11.9 Å². The quantitative estimate of drug-likeness (QED) is 0.771. The third-order valence-corrected chi connectivity index (χ3v) is 1.56. The Morgan fingerprint density at radius 1 is 1.50 bits per heavy atom. The number of hydrogen-bond acceptors (Lipinski definition) is 4. The predicted octanol–water partition coefficient (Wildman–Crippen LogP) is 0.776. The van der Waals surface area contributed by atoms with Crippen molar-refractivity contribution in [3.63, 3.8) is 0 Å². The van der Waals surface area contributed by atoms with Crippen LogP contribution in [0, 0.1) is 0 Å². The number of anilines is 2. The Hall–Kier alpha value is -1.47. The average molecular weight is 209 g/mol. The van der Waals surface area contributed by atoms with Crippen molar-refractivity contribution in [3.05, 3.63) is 0 Å². The number of aromatic amines is 1. The van der Waals surface area contributed by atoms with Crippen LogP contribution in [0.2, 0.25) is 0 Å². The van der Waals surface area contributed by atoms with Crippen molar-refractivity contribution in [2.45, 2.75) is 12.6 Å². The number of rotatable bonds is 3. The number of aromatic nitrogens is 3. The van der Waals surface area contributed by atoms with Crippen molar-refractivity contribution in [2.75, 3.05) is 24.2 Å². The van der Waals surface area contributed by atoms with Crippen LogP contribution in [0.4, 0.5) is 25.1 Å².